The molecule has 0 spiro atoms. The number of aryl methyl sites for hydroxylation is 1. The van der Waals surface area contributed by atoms with Gasteiger partial charge in [-0.25, -0.2) is 0 Å². The second-order valence-electron chi connectivity index (χ2n) is 6.78. The molecule has 0 bridgehead atoms. The summed E-state index contributed by atoms with van der Waals surface area (Å²) >= 11 is 5.51. The maximum atomic E-state index is 6.31. The Bertz CT molecular complexity index is 629. The van der Waals surface area contributed by atoms with Crippen molar-refractivity contribution in [1.82, 2.24) is 0 Å². The molecule has 0 aliphatic carbocycles. The first-order chi connectivity index (χ1) is 9.22. The smallest absolute Gasteiger partial charge is 0.130 e. The summed E-state index contributed by atoms with van der Waals surface area (Å²) in [5, 5.41) is 3.37. The first-order valence-electron chi connectivity index (χ1n) is 7.11. The monoisotopic (exact) mass is 326 g/mol. The lowest BCUT2D eigenvalue weighted by molar-refractivity contribution is 0.102. The standard InChI is InChI=1S/C16H22N2OS.ClH/c1-8-6-10-9(2)16(5,7-17)19-13(10)11-12(8)18-14(20)15(11,3)4;/h6,9H,7,17H2,1-5H3,(H,18,20);1H/t9-,16+;/m1./s1. The van der Waals surface area contributed by atoms with Gasteiger partial charge in [0, 0.05) is 34.7 Å². The molecule has 21 heavy (non-hydrogen) atoms. The molecule has 0 saturated carbocycles. The Kier molecular flexibility index (Phi) is 3.80. The highest BCUT2D eigenvalue weighted by molar-refractivity contribution is 7.80. The van der Waals surface area contributed by atoms with Crippen LogP contribution >= 0.6 is 24.6 Å². The van der Waals surface area contributed by atoms with E-state index in [4.69, 9.17) is 22.7 Å². The number of hydrogen-bond acceptors (Lipinski definition) is 3. The molecule has 2 atom stereocenters. The van der Waals surface area contributed by atoms with Gasteiger partial charge in [0.25, 0.3) is 0 Å². The molecular weight excluding hydrogens is 304 g/mol. The fourth-order valence-electron chi connectivity index (χ4n) is 3.27. The summed E-state index contributed by atoms with van der Waals surface area (Å²) < 4.78 is 6.31. The summed E-state index contributed by atoms with van der Waals surface area (Å²) in [5.41, 5.74) is 10.2. The van der Waals surface area contributed by atoms with Crippen LogP contribution in [0.2, 0.25) is 0 Å². The normalized spacial score (nSPS) is 28.3. The van der Waals surface area contributed by atoms with E-state index in [0.717, 1.165) is 16.4 Å². The Morgan fingerprint density at radius 3 is 2.57 bits per heavy atom. The van der Waals surface area contributed by atoms with Gasteiger partial charge in [-0.2, -0.15) is 0 Å². The Morgan fingerprint density at radius 1 is 1.38 bits per heavy atom. The third kappa shape index (κ3) is 2.00. The minimum atomic E-state index is -0.329. The molecule has 2 heterocycles. The largest absolute Gasteiger partial charge is 0.485 e. The Balaban J connectivity index is 0.00000161. The van der Waals surface area contributed by atoms with Crippen molar-refractivity contribution in [1.29, 1.82) is 0 Å². The van der Waals surface area contributed by atoms with Crippen LogP contribution in [0.25, 0.3) is 0 Å². The van der Waals surface area contributed by atoms with Crippen molar-refractivity contribution in [3.8, 4) is 5.75 Å². The van der Waals surface area contributed by atoms with Crippen molar-refractivity contribution in [3.05, 3.63) is 22.8 Å². The molecule has 3 N–H and O–H groups in total. The zero-order valence-corrected chi connectivity index (χ0v) is 14.8. The first kappa shape index (κ1) is 16.5. The van der Waals surface area contributed by atoms with E-state index >= 15 is 0 Å². The predicted octanol–water partition coefficient (Wildman–Crippen LogP) is 3.66. The van der Waals surface area contributed by atoms with E-state index < -0.39 is 0 Å². The van der Waals surface area contributed by atoms with Crippen LogP contribution in [0.1, 0.15) is 50.3 Å². The van der Waals surface area contributed by atoms with Crippen LogP contribution < -0.4 is 15.8 Å². The first-order valence-corrected chi connectivity index (χ1v) is 7.51. The quantitative estimate of drug-likeness (QED) is 0.773. The lowest BCUT2D eigenvalue weighted by Gasteiger charge is -2.27. The van der Waals surface area contributed by atoms with Gasteiger partial charge in [-0.05, 0) is 39.3 Å². The number of anilines is 1. The van der Waals surface area contributed by atoms with Gasteiger partial charge in [-0.3, -0.25) is 0 Å². The summed E-state index contributed by atoms with van der Waals surface area (Å²) in [6.07, 6.45) is 0. The molecule has 0 fully saturated rings. The van der Waals surface area contributed by atoms with Crippen molar-refractivity contribution in [3.63, 3.8) is 0 Å². The van der Waals surface area contributed by atoms with Gasteiger partial charge >= 0.3 is 0 Å². The molecule has 0 radical (unpaired) electrons. The van der Waals surface area contributed by atoms with Gasteiger partial charge in [0.2, 0.25) is 0 Å². The van der Waals surface area contributed by atoms with Crippen LogP contribution in [-0.2, 0) is 5.41 Å². The van der Waals surface area contributed by atoms with Gasteiger partial charge in [0.05, 0.1) is 4.99 Å². The summed E-state index contributed by atoms with van der Waals surface area (Å²) in [6.45, 7) is 11.2. The molecule has 3 nitrogen and oxygen atoms in total. The van der Waals surface area contributed by atoms with Crippen molar-refractivity contribution in [2.75, 3.05) is 11.9 Å². The number of benzene rings is 1. The van der Waals surface area contributed by atoms with Crippen molar-refractivity contribution >= 4 is 35.3 Å². The molecular formula is C16H23ClN2OS. The number of halogens is 1. The minimum Gasteiger partial charge on any atom is -0.485 e. The van der Waals surface area contributed by atoms with Gasteiger partial charge in [0.15, 0.2) is 0 Å². The molecule has 0 amide bonds. The number of thiocarbonyl (C=S) groups is 1. The SMILES string of the molecule is Cc1cc2c(c3c1NC(=S)C3(C)C)O[C@@](C)(CN)[C@@H]2C.Cl. The highest BCUT2D eigenvalue weighted by Crippen LogP contribution is 2.54. The molecule has 3 rings (SSSR count). The highest BCUT2D eigenvalue weighted by atomic mass is 35.5. The number of rotatable bonds is 1. The van der Waals surface area contributed by atoms with E-state index in [0.29, 0.717) is 6.54 Å². The molecule has 116 valence electrons. The molecule has 0 unspecified atom stereocenters. The molecule has 5 heteroatoms. The Labute approximate surface area is 138 Å². The minimum absolute atomic E-state index is 0. The molecule has 0 saturated heterocycles. The molecule has 2 aliphatic rings. The number of nitrogens with two attached hydrogens (primary N) is 1. The zero-order valence-electron chi connectivity index (χ0n) is 13.2. The Morgan fingerprint density at radius 2 is 2.00 bits per heavy atom. The molecule has 2 aliphatic heterocycles. The predicted molar refractivity (Wildman–Crippen MR) is 94.2 cm³/mol. The maximum absolute atomic E-state index is 6.31. The third-order valence-corrected chi connectivity index (χ3v) is 5.67. The fourth-order valence-corrected chi connectivity index (χ4v) is 3.47. The third-order valence-electron chi connectivity index (χ3n) is 5.06. The fraction of sp³-hybridized carbons (Fsp3) is 0.562. The second-order valence-corrected chi connectivity index (χ2v) is 7.19. The van der Waals surface area contributed by atoms with Gasteiger partial charge in [0.1, 0.15) is 11.4 Å². The lowest BCUT2D eigenvalue weighted by Crippen LogP contribution is -2.41. The number of hydrogen-bond donors (Lipinski definition) is 2. The van der Waals surface area contributed by atoms with Gasteiger partial charge in [-0.1, -0.05) is 19.1 Å². The topological polar surface area (TPSA) is 47.3 Å². The average Bonchev–Trinajstić information content (AvgIpc) is 2.77. The summed E-state index contributed by atoms with van der Waals surface area (Å²) in [4.78, 5) is 0.863. The molecule has 1 aromatic carbocycles. The van der Waals surface area contributed by atoms with Crippen LogP contribution in [0.3, 0.4) is 0 Å². The summed E-state index contributed by atoms with van der Waals surface area (Å²) in [7, 11) is 0. The van der Waals surface area contributed by atoms with Crippen LogP contribution in [0.4, 0.5) is 5.69 Å². The second kappa shape index (κ2) is 4.83. The van der Waals surface area contributed by atoms with E-state index in [-0.39, 0.29) is 29.3 Å². The van der Waals surface area contributed by atoms with Crippen LogP contribution in [-0.4, -0.2) is 17.1 Å². The Hall–Kier alpha value is -0.840. The van der Waals surface area contributed by atoms with Crippen LogP contribution in [0, 0.1) is 6.92 Å². The summed E-state index contributed by atoms with van der Waals surface area (Å²) in [6, 6.07) is 2.22. The van der Waals surface area contributed by atoms with E-state index in [1.165, 1.54) is 16.7 Å². The highest BCUT2D eigenvalue weighted by Gasteiger charge is 2.48. The van der Waals surface area contributed by atoms with E-state index in [9.17, 15) is 0 Å². The van der Waals surface area contributed by atoms with Crippen molar-refractivity contribution < 1.29 is 4.74 Å². The lowest BCUT2D eigenvalue weighted by atomic mass is 9.81. The van der Waals surface area contributed by atoms with Crippen molar-refractivity contribution in [2.24, 2.45) is 5.73 Å². The average molecular weight is 327 g/mol. The van der Waals surface area contributed by atoms with E-state index in [1.54, 1.807) is 0 Å². The van der Waals surface area contributed by atoms with E-state index in [1.807, 2.05) is 0 Å². The van der Waals surface area contributed by atoms with Gasteiger partial charge < -0.3 is 15.8 Å². The number of nitrogens with one attached hydrogen (secondary N) is 1. The molecule has 0 aromatic heterocycles. The van der Waals surface area contributed by atoms with Crippen LogP contribution in [0.15, 0.2) is 6.07 Å². The number of fused-ring (bicyclic) bond motifs is 3. The van der Waals surface area contributed by atoms with Crippen molar-refractivity contribution in [2.45, 2.75) is 51.6 Å². The summed E-state index contributed by atoms with van der Waals surface area (Å²) in [5.74, 6) is 1.28. The number of ether oxygens (including phenoxy) is 1. The molecule has 1 aromatic rings. The van der Waals surface area contributed by atoms with E-state index in [2.05, 4.69) is 46.0 Å². The zero-order chi connectivity index (χ0) is 14.9. The van der Waals surface area contributed by atoms with Gasteiger partial charge in [-0.15, -0.1) is 12.4 Å². The van der Waals surface area contributed by atoms with Crippen LogP contribution in [0.5, 0.6) is 5.75 Å². The maximum Gasteiger partial charge on any atom is 0.130 e.